The number of anilines is 1. The molecule has 0 bridgehead atoms. The van der Waals surface area contributed by atoms with Crippen LogP contribution in [-0.4, -0.2) is 17.5 Å². The van der Waals surface area contributed by atoms with Gasteiger partial charge in [-0.1, -0.05) is 29.8 Å². The summed E-state index contributed by atoms with van der Waals surface area (Å²) in [4.78, 5) is 24.6. The molecular weight excluding hydrogens is 334 g/mol. The summed E-state index contributed by atoms with van der Waals surface area (Å²) in [5, 5.41) is 9.02. The van der Waals surface area contributed by atoms with E-state index in [2.05, 4.69) is 15.8 Å². The molecular formula is C16H16ClN3O2S. The number of hydrogen-bond acceptors (Lipinski definition) is 4. The monoisotopic (exact) mass is 349 g/mol. The number of para-hydroxylation sites is 1. The first kappa shape index (κ1) is 17.2. The Morgan fingerprint density at radius 2 is 1.96 bits per heavy atom. The molecule has 0 aliphatic carbocycles. The number of benzene rings is 1. The Kier molecular flexibility index (Phi) is 6.31. The van der Waals surface area contributed by atoms with E-state index in [1.807, 2.05) is 17.5 Å². The Morgan fingerprint density at radius 1 is 1.17 bits per heavy atom. The summed E-state index contributed by atoms with van der Waals surface area (Å²) in [5.74, 6) is -0.454. The first-order valence-electron chi connectivity index (χ1n) is 6.93. The van der Waals surface area contributed by atoms with Crippen LogP contribution in [0.2, 0.25) is 5.02 Å². The van der Waals surface area contributed by atoms with Gasteiger partial charge in [-0.05, 0) is 30.5 Å². The molecule has 1 aromatic heterocycles. The highest BCUT2D eigenvalue weighted by Gasteiger charge is 2.08. The molecule has 23 heavy (non-hydrogen) atoms. The molecule has 7 heteroatoms. The van der Waals surface area contributed by atoms with Crippen LogP contribution in [0.5, 0.6) is 0 Å². The van der Waals surface area contributed by atoms with Crippen molar-refractivity contribution >= 4 is 46.2 Å². The summed E-state index contributed by atoms with van der Waals surface area (Å²) in [6, 6.07) is 10.8. The van der Waals surface area contributed by atoms with Gasteiger partial charge in [0.05, 0.1) is 23.6 Å². The average molecular weight is 350 g/mol. The molecule has 120 valence electrons. The van der Waals surface area contributed by atoms with Crippen LogP contribution < -0.4 is 10.7 Å². The zero-order valence-electron chi connectivity index (χ0n) is 12.5. The molecule has 1 aromatic carbocycles. The van der Waals surface area contributed by atoms with Crippen LogP contribution in [0.3, 0.4) is 0 Å². The van der Waals surface area contributed by atoms with Gasteiger partial charge in [0.15, 0.2) is 0 Å². The van der Waals surface area contributed by atoms with Gasteiger partial charge in [-0.15, -0.1) is 11.3 Å². The van der Waals surface area contributed by atoms with Crippen LogP contribution in [0.1, 0.15) is 18.2 Å². The quantitative estimate of drug-likeness (QED) is 0.619. The highest BCUT2D eigenvalue weighted by Crippen LogP contribution is 2.20. The SMILES string of the molecule is C/C(CC(=O)Nc1ccccc1Cl)=N\NC(=O)Cc1cccs1. The molecule has 5 nitrogen and oxygen atoms in total. The molecule has 0 unspecified atom stereocenters. The van der Waals surface area contributed by atoms with Gasteiger partial charge in [-0.2, -0.15) is 5.10 Å². The second kappa shape index (κ2) is 8.45. The first-order valence-corrected chi connectivity index (χ1v) is 8.19. The lowest BCUT2D eigenvalue weighted by molar-refractivity contribution is -0.120. The van der Waals surface area contributed by atoms with E-state index < -0.39 is 0 Å². The van der Waals surface area contributed by atoms with Crippen molar-refractivity contribution in [1.82, 2.24) is 5.43 Å². The smallest absolute Gasteiger partial charge is 0.245 e. The van der Waals surface area contributed by atoms with E-state index in [-0.39, 0.29) is 24.7 Å². The molecule has 2 rings (SSSR count). The Hall–Kier alpha value is -2.18. The predicted molar refractivity (Wildman–Crippen MR) is 94.0 cm³/mol. The number of thiophene rings is 1. The van der Waals surface area contributed by atoms with E-state index in [0.717, 1.165) is 4.88 Å². The average Bonchev–Trinajstić information content (AvgIpc) is 3.00. The maximum absolute atomic E-state index is 11.9. The zero-order valence-corrected chi connectivity index (χ0v) is 14.1. The van der Waals surface area contributed by atoms with Crippen molar-refractivity contribution in [2.24, 2.45) is 5.10 Å². The van der Waals surface area contributed by atoms with Crippen molar-refractivity contribution in [3.05, 3.63) is 51.7 Å². The van der Waals surface area contributed by atoms with E-state index in [1.54, 1.807) is 31.2 Å². The Labute approximate surface area is 143 Å². The van der Waals surface area contributed by atoms with E-state index in [4.69, 9.17) is 11.6 Å². The number of nitrogens with one attached hydrogen (secondary N) is 2. The minimum atomic E-state index is -0.244. The zero-order chi connectivity index (χ0) is 16.7. The van der Waals surface area contributed by atoms with Gasteiger partial charge in [-0.25, -0.2) is 5.43 Å². The van der Waals surface area contributed by atoms with Crippen molar-refractivity contribution in [3.63, 3.8) is 0 Å². The molecule has 2 N–H and O–H groups in total. The van der Waals surface area contributed by atoms with Crippen molar-refractivity contribution in [1.29, 1.82) is 0 Å². The second-order valence-electron chi connectivity index (χ2n) is 4.84. The molecule has 0 saturated heterocycles. The molecule has 0 fully saturated rings. The summed E-state index contributed by atoms with van der Waals surface area (Å²) in [6.07, 6.45) is 0.352. The van der Waals surface area contributed by atoms with Crippen molar-refractivity contribution < 1.29 is 9.59 Å². The minimum absolute atomic E-state index is 0.0739. The number of hydrazone groups is 1. The summed E-state index contributed by atoms with van der Waals surface area (Å²) in [5.41, 5.74) is 3.51. The van der Waals surface area contributed by atoms with Gasteiger partial charge < -0.3 is 5.32 Å². The van der Waals surface area contributed by atoms with E-state index >= 15 is 0 Å². The van der Waals surface area contributed by atoms with Gasteiger partial charge in [-0.3, -0.25) is 9.59 Å². The highest BCUT2D eigenvalue weighted by molar-refractivity contribution is 7.10. The normalized spacial score (nSPS) is 11.1. The van der Waals surface area contributed by atoms with Gasteiger partial charge in [0.2, 0.25) is 11.8 Å². The van der Waals surface area contributed by atoms with Gasteiger partial charge in [0, 0.05) is 10.6 Å². The van der Waals surface area contributed by atoms with E-state index in [9.17, 15) is 9.59 Å². The number of nitrogens with zero attached hydrogens (tertiary/aromatic N) is 1. The topological polar surface area (TPSA) is 70.6 Å². The van der Waals surface area contributed by atoms with Crippen LogP contribution >= 0.6 is 22.9 Å². The van der Waals surface area contributed by atoms with Crippen LogP contribution in [-0.2, 0) is 16.0 Å². The molecule has 0 radical (unpaired) electrons. The van der Waals surface area contributed by atoms with Crippen LogP contribution in [0, 0.1) is 0 Å². The largest absolute Gasteiger partial charge is 0.324 e. The fourth-order valence-corrected chi connectivity index (χ4v) is 2.68. The van der Waals surface area contributed by atoms with Crippen LogP contribution in [0.25, 0.3) is 0 Å². The first-order chi connectivity index (χ1) is 11.0. The van der Waals surface area contributed by atoms with Gasteiger partial charge >= 0.3 is 0 Å². The number of hydrogen-bond donors (Lipinski definition) is 2. The highest BCUT2D eigenvalue weighted by atomic mass is 35.5. The maximum atomic E-state index is 11.9. The summed E-state index contributed by atoms with van der Waals surface area (Å²) < 4.78 is 0. The summed E-state index contributed by atoms with van der Waals surface area (Å²) in [6.45, 7) is 1.68. The number of halogens is 1. The molecule has 0 aliphatic heterocycles. The van der Waals surface area contributed by atoms with Crippen LogP contribution in [0.4, 0.5) is 5.69 Å². The standard InChI is InChI=1S/C16H16ClN3O2S/c1-11(19-20-16(22)10-12-5-4-8-23-12)9-15(21)18-14-7-3-2-6-13(14)17/h2-8H,9-10H2,1H3,(H,18,21)(H,20,22)/b19-11+. The number of amides is 2. The lowest BCUT2D eigenvalue weighted by Gasteiger charge is -2.07. The fraction of sp³-hybridized carbons (Fsp3) is 0.188. The Balaban J connectivity index is 1.81. The molecule has 0 saturated carbocycles. The van der Waals surface area contributed by atoms with Crippen molar-refractivity contribution in [2.75, 3.05) is 5.32 Å². The molecule has 1 heterocycles. The third-order valence-corrected chi connectivity index (χ3v) is 4.06. The molecule has 2 aromatic rings. The molecule has 0 spiro atoms. The van der Waals surface area contributed by atoms with Crippen molar-refractivity contribution in [2.45, 2.75) is 19.8 Å². The summed E-state index contributed by atoms with van der Waals surface area (Å²) in [7, 11) is 0. The van der Waals surface area contributed by atoms with E-state index in [0.29, 0.717) is 16.4 Å². The number of rotatable bonds is 6. The second-order valence-corrected chi connectivity index (χ2v) is 6.28. The van der Waals surface area contributed by atoms with Gasteiger partial charge in [0.25, 0.3) is 0 Å². The molecule has 0 atom stereocenters. The lowest BCUT2D eigenvalue weighted by Crippen LogP contribution is -2.22. The Bertz CT molecular complexity index is 714. The third kappa shape index (κ3) is 5.84. The summed E-state index contributed by atoms with van der Waals surface area (Å²) >= 11 is 7.49. The number of carbonyl (C=O) groups excluding carboxylic acids is 2. The van der Waals surface area contributed by atoms with E-state index in [1.165, 1.54) is 11.3 Å². The number of carbonyl (C=O) groups is 2. The third-order valence-electron chi connectivity index (χ3n) is 2.85. The lowest BCUT2D eigenvalue weighted by atomic mass is 10.2. The van der Waals surface area contributed by atoms with Crippen molar-refractivity contribution in [3.8, 4) is 0 Å². The minimum Gasteiger partial charge on any atom is -0.324 e. The predicted octanol–water partition coefficient (Wildman–Crippen LogP) is 3.46. The maximum Gasteiger partial charge on any atom is 0.245 e. The van der Waals surface area contributed by atoms with Gasteiger partial charge in [0.1, 0.15) is 0 Å². The molecule has 0 aliphatic rings. The fourth-order valence-electron chi connectivity index (χ4n) is 1.80. The molecule has 2 amide bonds. The Morgan fingerprint density at radius 3 is 2.65 bits per heavy atom. The van der Waals surface area contributed by atoms with Crippen LogP contribution in [0.15, 0.2) is 46.9 Å².